The van der Waals surface area contributed by atoms with Crippen LogP contribution in [0.3, 0.4) is 0 Å². The van der Waals surface area contributed by atoms with Crippen molar-refractivity contribution in [1.82, 2.24) is 0 Å². The third-order valence-electron chi connectivity index (χ3n) is 5.62. The van der Waals surface area contributed by atoms with Crippen molar-refractivity contribution in [2.75, 3.05) is 0 Å². The zero-order chi connectivity index (χ0) is 31.9. The Hall–Kier alpha value is -2.49. The number of phenols is 1. The minimum absolute atomic E-state index is 0. The van der Waals surface area contributed by atoms with Gasteiger partial charge in [-0.3, -0.25) is 0 Å². The first-order chi connectivity index (χ1) is 19.9. The summed E-state index contributed by atoms with van der Waals surface area (Å²) in [4.78, 5) is 8.78. The van der Waals surface area contributed by atoms with E-state index in [1.54, 1.807) is 0 Å². The number of fused-ring (bicyclic) bond motifs is 1. The molecule has 0 radical (unpaired) electrons. The van der Waals surface area contributed by atoms with Gasteiger partial charge in [-0.15, -0.1) is 0 Å². The maximum absolute atomic E-state index is 13.4. The van der Waals surface area contributed by atoms with Crippen LogP contribution in [0.2, 0.25) is 0 Å². The van der Waals surface area contributed by atoms with E-state index in [0.29, 0.717) is 12.1 Å². The van der Waals surface area contributed by atoms with Crippen molar-refractivity contribution in [3.63, 3.8) is 0 Å². The summed E-state index contributed by atoms with van der Waals surface area (Å²) in [5, 5.41) is 46.0. The molecule has 17 nitrogen and oxygen atoms in total. The van der Waals surface area contributed by atoms with Gasteiger partial charge in [0, 0.05) is 0 Å². The summed E-state index contributed by atoms with van der Waals surface area (Å²) in [6.07, 6.45) is 0. The molecule has 4 aromatic rings. The van der Waals surface area contributed by atoms with E-state index in [0.717, 1.165) is 24.3 Å². The molecule has 4 aromatic carbocycles. The van der Waals surface area contributed by atoms with Crippen LogP contribution >= 0.6 is 0 Å². The molecule has 0 saturated heterocycles. The van der Waals surface area contributed by atoms with Gasteiger partial charge >= 0.3 is 265 Å². The smallest absolute Gasteiger partial charge is 1.00 e. The number of hydrogen-bond donors (Lipinski definition) is 4. The molecule has 0 bridgehead atoms. The summed E-state index contributed by atoms with van der Waals surface area (Å²) < 4.78 is 103. The van der Waals surface area contributed by atoms with Gasteiger partial charge in [0.25, 0.3) is 0 Å². The molecule has 22 heteroatoms. The number of carboxylic acids is 1. The second-order valence-electron chi connectivity index (χ2n) is 8.39. The summed E-state index contributed by atoms with van der Waals surface area (Å²) in [7, 11) is -11.1. The molecular formula is C23H15AsN4Na2O13S2. The topological polar surface area (TPSA) is 302 Å². The van der Waals surface area contributed by atoms with E-state index >= 15 is 0 Å². The van der Waals surface area contributed by atoms with Crippen molar-refractivity contribution in [1.29, 1.82) is 0 Å². The van der Waals surface area contributed by atoms with Crippen molar-refractivity contribution < 1.29 is 119 Å². The predicted octanol–water partition coefficient (Wildman–Crippen LogP) is -4.36. The summed E-state index contributed by atoms with van der Waals surface area (Å²) in [5.41, 5.74) is -3.61. The van der Waals surface area contributed by atoms with Gasteiger partial charge in [-0.25, -0.2) is 4.79 Å². The maximum atomic E-state index is 13.4. The average molecular weight is 740 g/mol. The van der Waals surface area contributed by atoms with Crippen molar-refractivity contribution >= 4 is 78.3 Å². The van der Waals surface area contributed by atoms with Crippen LogP contribution in [0.15, 0.2) is 90.9 Å². The number of aromatic carboxylic acids is 1. The molecule has 4 rings (SSSR count). The number of hydrogen-bond acceptors (Lipinski definition) is 14. The second-order valence-corrected chi connectivity index (χ2v) is 14.4. The van der Waals surface area contributed by atoms with Crippen molar-refractivity contribution in [2.45, 2.75) is 9.79 Å². The second kappa shape index (κ2) is 14.5. The number of rotatable bonds is 8. The first-order valence-corrected chi connectivity index (χ1v) is 17.4. The summed E-state index contributed by atoms with van der Waals surface area (Å²) in [6, 6.07) is 10.4. The van der Waals surface area contributed by atoms with Gasteiger partial charge in [0.2, 0.25) is 0 Å². The molecule has 0 unspecified atom stereocenters. The molecule has 224 valence electrons. The first-order valence-electron chi connectivity index (χ1n) is 11.2. The van der Waals surface area contributed by atoms with Crippen LogP contribution in [0.25, 0.3) is 10.8 Å². The number of carbonyl (C=O) groups is 1. The SMILES string of the molecule is O=C(O)c1ccccc1N=Nc1c(S(=O)(=O)[O-])cc2cc(S(=O)(=O)[O-])c(N=Nc3ccccc3[As](=O)(O)O)c([O-])c2c1O.[H+].[Na+].[Na+]. The predicted molar refractivity (Wildman–Crippen MR) is 141 cm³/mol. The van der Waals surface area contributed by atoms with Gasteiger partial charge in [0.05, 0.1) is 5.56 Å². The monoisotopic (exact) mass is 740 g/mol. The number of carboxylic acid groups (broad SMARTS) is 1. The molecule has 4 N–H and O–H groups in total. The van der Waals surface area contributed by atoms with E-state index in [-0.39, 0.29) is 66.2 Å². The Morgan fingerprint density at radius 3 is 1.78 bits per heavy atom. The molecule has 0 amide bonds. The molecule has 0 aromatic heterocycles. The largest absolute Gasteiger partial charge is 1.00 e. The van der Waals surface area contributed by atoms with Gasteiger partial charge in [-0.05, 0) is 12.1 Å². The third kappa shape index (κ3) is 8.46. The van der Waals surface area contributed by atoms with Crippen molar-refractivity contribution in [2.24, 2.45) is 20.5 Å². The average Bonchev–Trinajstić information content (AvgIpc) is 2.90. The summed E-state index contributed by atoms with van der Waals surface area (Å²) >= 11 is -5.63. The number of nitrogens with zero attached hydrogens (tertiary/aromatic N) is 4. The molecule has 0 aliphatic heterocycles. The molecule has 0 aliphatic rings. The normalized spacial score (nSPS) is 12.3. The quantitative estimate of drug-likeness (QED) is 0.0755. The standard InChI is InChI=1S/C23H17AsN4O13S2.2Na/c29-21-18-11(9-16(42(36,37)38)19(21)27-25-14-7-3-1-5-12(14)23(31)32)10-17(43(39,40)41)20(22(18)30)28-26-15-8-4-2-6-13(15)24(33,34)35;;/h1-10,29-30H,(H,31,32)(H2,33,34,35)(H,36,37,38)(H,39,40,41);;/q;2*+1/p-2. The number of aromatic hydroxyl groups is 1. The van der Waals surface area contributed by atoms with Crippen LogP contribution in [-0.4, -0.2) is 64.5 Å². The van der Waals surface area contributed by atoms with Crippen LogP contribution in [0.1, 0.15) is 11.8 Å². The fourth-order valence-electron chi connectivity index (χ4n) is 3.76. The number of benzene rings is 4. The van der Waals surface area contributed by atoms with Crippen LogP contribution in [0, 0.1) is 0 Å². The molecule has 0 heterocycles. The van der Waals surface area contributed by atoms with E-state index in [2.05, 4.69) is 20.5 Å². The molecule has 0 spiro atoms. The van der Waals surface area contributed by atoms with Crippen molar-refractivity contribution in [3.05, 3.63) is 66.2 Å². The van der Waals surface area contributed by atoms with E-state index in [4.69, 9.17) is 0 Å². The zero-order valence-corrected chi connectivity index (χ0v) is 30.3. The van der Waals surface area contributed by atoms with E-state index in [1.165, 1.54) is 24.3 Å². The Balaban J connectivity index is 0.00000353. The molecule has 0 atom stereocenters. The summed E-state index contributed by atoms with van der Waals surface area (Å²) in [6.45, 7) is 0. The Kier molecular flexibility index (Phi) is 12.5. The first kappa shape index (κ1) is 38.7. The summed E-state index contributed by atoms with van der Waals surface area (Å²) in [5.74, 6) is -4.33. The van der Waals surface area contributed by atoms with E-state index in [1.807, 2.05) is 0 Å². The Morgan fingerprint density at radius 1 is 0.778 bits per heavy atom. The Labute approximate surface area is 301 Å². The van der Waals surface area contributed by atoms with Crippen LogP contribution < -0.4 is 68.6 Å². The van der Waals surface area contributed by atoms with Gasteiger partial charge in [0.1, 0.15) is 0 Å². The maximum Gasteiger partial charge on any atom is 1.00 e. The number of azo groups is 2. The Bertz CT molecular complexity index is 2160. The third-order valence-corrected chi connectivity index (χ3v) is 9.43. The van der Waals surface area contributed by atoms with Gasteiger partial charge in [-0.1, -0.05) is 12.1 Å². The molecule has 45 heavy (non-hydrogen) atoms. The van der Waals surface area contributed by atoms with E-state index in [9.17, 15) is 58.0 Å². The minimum Gasteiger partial charge on any atom is 1.00 e. The zero-order valence-electron chi connectivity index (χ0n) is 23.8. The minimum atomic E-state index is -5.63. The van der Waals surface area contributed by atoms with Gasteiger partial charge < -0.3 is 5.11 Å². The van der Waals surface area contributed by atoms with Gasteiger partial charge in [-0.2, -0.15) is 0 Å². The van der Waals surface area contributed by atoms with Crippen LogP contribution in [-0.2, 0) is 24.0 Å². The fraction of sp³-hybridized carbons (Fsp3) is 0. The van der Waals surface area contributed by atoms with Crippen molar-refractivity contribution in [3.8, 4) is 11.5 Å². The van der Waals surface area contributed by atoms with E-state index < -0.39 is 99.4 Å². The molecule has 0 saturated carbocycles. The molecule has 0 aliphatic carbocycles. The van der Waals surface area contributed by atoms with Gasteiger partial charge in [0.15, 0.2) is 0 Å². The Morgan fingerprint density at radius 2 is 1.24 bits per heavy atom. The van der Waals surface area contributed by atoms with Crippen LogP contribution in [0.5, 0.6) is 11.5 Å². The number of phenolic OH excluding ortho intramolecular Hbond substituents is 1. The molecule has 0 fully saturated rings. The fourth-order valence-corrected chi connectivity index (χ4v) is 6.51. The molecular weight excluding hydrogens is 725 g/mol. The van der Waals surface area contributed by atoms with Crippen LogP contribution in [0.4, 0.5) is 22.7 Å².